The number of hydrogen-bond donors (Lipinski definition) is 1. The fraction of sp³-hybridized carbons (Fsp3) is 0.105. The average molecular weight is 359 g/mol. The van der Waals surface area contributed by atoms with Gasteiger partial charge in [-0.2, -0.15) is 0 Å². The van der Waals surface area contributed by atoms with Gasteiger partial charge in [0.05, 0.1) is 12.8 Å². The smallest absolute Gasteiger partial charge is 0.322 e. The van der Waals surface area contributed by atoms with Crippen LogP contribution in [-0.4, -0.2) is 10.9 Å². The molecule has 1 heterocycles. The van der Waals surface area contributed by atoms with Crippen LogP contribution < -0.4 is 5.32 Å². The van der Waals surface area contributed by atoms with Crippen LogP contribution in [0.1, 0.15) is 11.3 Å². The maximum atomic E-state index is 13.4. The van der Waals surface area contributed by atoms with Gasteiger partial charge in [0.1, 0.15) is 11.6 Å². The van der Waals surface area contributed by atoms with Crippen LogP contribution in [0.2, 0.25) is 5.02 Å². The Morgan fingerprint density at radius 3 is 2.56 bits per heavy atom. The van der Waals surface area contributed by atoms with Crippen molar-refractivity contribution in [2.75, 3.05) is 5.32 Å². The molecule has 0 saturated carbocycles. The van der Waals surface area contributed by atoms with Gasteiger partial charge in [0.2, 0.25) is 0 Å². The molecule has 2 amide bonds. The Labute approximate surface area is 149 Å². The number of urea groups is 1. The number of carbonyl (C=O) groups excluding carboxylic acids is 1. The Kier molecular flexibility index (Phi) is 5.36. The molecule has 1 N–H and O–H groups in total. The van der Waals surface area contributed by atoms with Gasteiger partial charge in [-0.05, 0) is 54.1 Å². The topological polar surface area (TPSA) is 45.5 Å². The van der Waals surface area contributed by atoms with Crippen molar-refractivity contribution in [2.45, 2.75) is 13.1 Å². The monoisotopic (exact) mass is 358 g/mol. The van der Waals surface area contributed by atoms with Crippen molar-refractivity contribution in [2.24, 2.45) is 0 Å². The molecule has 0 unspecified atom stereocenters. The highest BCUT2D eigenvalue weighted by Gasteiger charge is 2.16. The maximum absolute atomic E-state index is 13.4. The fourth-order valence-corrected chi connectivity index (χ4v) is 2.51. The van der Waals surface area contributed by atoms with Crippen molar-refractivity contribution >= 4 is 23.3 Å². The summed E-state index contributed by atoms with van der Waals surface area (Å²) in [6, 6.07) is 16.2. The summed E-state index contributed by atoms with van der Waals surface area (Å²) >= 11 is 5.86. The Morgan fingerprint density at radius 2 is 1.88 bits per heavy atom. The Balaban J connectivity index is 1.77. The first kappa shape index (κ1) is 17.0. The van der Waals surface area contributed by atoms with Crippen LogP contribution in [0.5, 0.6) is 0 Å². The van der Waals surface area contributed by atoms with Gasteiger partial charge in [-0.25, -0.2) is 9.18 Å². The first-order valence-corrected chi connectivity index (χ1v) is 8.06. The van der Waals surface area contributed by atoms with E-state index in [-0.39, 0.29) is 24.9 Å². The van der Waals surface area contributed by atoms with Crippen molar-refractivity contribution in [3.05, 3.63) is 89.1 Å². The SMILES string of the molecule is O=C(Nc1ccc(Cl)cc1)N(Cc1cccc(F)c1)Cc1ccco1. The minimum Gasteiger partial charge on any atom is -0.467 e. The third-order valence-corrected chi connectivity index (χ3v) is 3.82. The van der Waals surface area contributed by atoms with Crippen LogP contribution in [0, 0.1) is 5.82 Å². The van der Waals surface area contributed by atoms with Crippen LogP contribution >= 0.6 is 11.6 Å². The highest BCUT2D eigenvalue weighted by molar-refractivity contribution is 6.30. The van der Waals surface area contributed by atoms with Gasteiger partial charge in [0.15, 0.2) is 0 Å². The number of nitrogens with zero attached hydrogens (tertiary/aromatic N) is 1. The zero-order chi connectivity index (χ0) is 17.6. The molecule has 3 aromatic rings. The molecule has 0 spiro atoms. The number of halogens is 2. The highest BCUT2D eigenvalue weighted by atomic mass is 35.5. The van der Waals surface area contributed by atoms with Crippen molar-refractivity contribution < 1.29 is 13.6 Å². The number of furan rings is 1. The summed E-state index contributed by atoms with van der Waals surface area (Å²) in [5.74, 6) is 0.302. The summed E-state index contributed by atoms with van der Waals surface area (Å²) in [4.78, 5) is 14.2. The van der Waals surface area contributed by atoms with Crippen LogP contribution in [0.4, 0.5) is 14.9 Å². The molecule has 2 aromatic carbocycles. The highest BCUT2D eigenvalue weighted by Crippen LogP contribution is 2.16. The predicted octanol–water partition coefficient (Wildman–Crippen LogP) is 5.31. The van der Waals surface area contributed by atoms with Gasteiger partial charge in [0, 0.05) is 17.3 Å². The lowest BCUT2D eigenvalue weighted by atomic mass is 10.2. The Morgan fingerprint density at radius 1 is 1.08 bits per heavy atom. The lowest BCUT2D eigenvalue weighted by molar-refractivity contribution is 0.201. The molecule has 0 saturated heterocycles. The van der Waals surface area contributed by atoms with E-state index >= 15 is 0 Å². The van der Waals surface area contributed by atoms with Crippen LogP contribution in [-0.2, 0) is 13.1 Å². The molecule has 3 rings (SSSR count). The van der Waals surface area contributed by atoms with Crippen LogP contribution in [0.25, 0.3) is 0 Å². The second kappa shape index (κ2) is 7.85. The minimum atomic E-state index is -0.339. The molecule has 128 valence electrons. The number of nitrogens with one attached hydrogen (secondary N) is 1. The van der Waals surface area contributed by atoms with E-state index in [0.29, 0.717) is 22.0 Å². The first-order chi connectivity index (χ1) is 12.1. The van der Waals surface area contributed by atoms with E-state index in [1.165, 1.54) is 12.1 Å². The summed E-state index contributed by atoms with van der Waals surface area (Å²) in [5.41, 5.74) is 1.32. The molecular weight excluding hydrogens is 343 g/mol. The van der Waals surface area contributed by atoms with Crippen LogP contribution in [0.15, 0.2) is 71.3 Å². The van der Waals surface area contributed by atoms with Crippen LogP contribution in [0.3, 0.4) is 0 Å². The largest absolute Gasteiger partial charge is 0.467 e. The molecule has 0 aliphatic carbocycles. The van der Waals surface area contributed by atoms with E-state index in [4.69, 9.17) is 16.0 Å². The van der Waals surface area contributed by atoms with E-state index in [1.54, 1.807) is 59.7 Å². The normalized spacial score (nSPS) is 10.5. The van der Waals surface area contributed by atoms with Gasteiger partial charge >= 0.3 is 6.03 Å². The first-order valence-electron chi connectivity index (χ1n) is 7.68. The van der Waals surface area contributed by atoms with Crippen molar-refractivity contribution in [3.8, 4) is 0 Å². The van der Waals surface area contributed by atoms with Crippen molar-refractivity contribution in [1.29, 1.82) is 0 Å². The van der Waals surface area contributed by atoms with Gasteiger partial charge in [-0.1, -0.05) is 23.7 Å². The Bertz CT molecular complexity index is 835. The summed E-state index contributed by atoms with van der Waals surface area (Å²) in [6.45, 7) is 0.515. The van der Waals surface area contributed by atoms with Gasteiger partial charge < -0.3 is 14.6 Å². The third kappa shape index (κ3) is 4.84. The quantitative estimate of drug-likeness (QED) is 0.672. The van der Waals surface area contributed by atoms with Gasteiger partial charge in [-0.15, -0.1) is 0 Å². The molecule has 25 heavy (non-hydrogen) atoms. The summed E-state index contributed by atoms with van der Waals surface area (Å²) < 4.78 is 18.8. The van der Waals surface area contributed by atoms with E-state index in [0.717, 1.165) is 0 Å². The van der Waals surface area contributed by atoms with Crippen molar-refractivity contribution in [3.63, 3.8) is 0 Å². The molecule has 0 aliphatic rings. The zero-order valence-corrected chi connectivity index (χ0v) is 14.0. The van der Waals surface area contributed by atoms with E-state index in [1.807, 2.05) is 0 Å². The molecule has 4 nitrogen and oxygen atoms in total. The number of amides is 2. The molecule has 0 fully saturated rings. The molecule has 0 radical (unpaired) electrons. The summed E-state index contributed by atoms with van der Waals surface area (Å²) in [5, 5.41) is 3.40. The second-order valence-corrected chi connectivity index (χ2v) is 5.94. The molecule has 6 heteroatoms. The van der Waals surface area contributed by atoms with Gasteiger partial charge in [-0.3, -0.25) is 0 Å². The van der Waals surface area contributed by atoms with Crippen molar-refractivity contribution in [1.82, 2.24) is 4.90 Å². The van der Waals surface area contributed by atoms with E-state index in [9.17, 15) is 9.18 Å². The molecule has 0 bridgehead atoms. The lowest BCUT2D eigenvalue weighted by Crippen LogP contribution is -2.34. The van der Waals surface area contributed by atoms with E-state index in [2.05, 4.69) is 5.32 Å². The lowest BCUT2D eigenvalue weighted by Gasteiger charge is -2.22. The third-order valence-electron chi connectivity index (χ3n) is 3.57. The molecule has 1 aromatic heterocycles. The fourth-order valence-electron chi connectivity index (χ4n) is 2.38. The summed E-state index contributed by atoms with van der Waals surface area (Å²) in [7, 11) is 0. The molecule has 0 aliphatic heterocycles. The molecule has 0 atom stereocenters. The number of carbonyl (C=O) groups is 1. The average Bonchev–Trinajstić information content (AvgIpc) is 3.09. The Hall–Kier alpha value is -2.79. The maximum Gasteiger partial charge on any atom is 0.322 e. The zero-order valence-electron chi connectivity index (χ0n) is 13.3. The predicted molar refractivity (Wildman–Crippen MR) is 94.8 cm³/mol. The van der Waals surface area contributed by atoms with E-state index < -0.39 is 0 Å². The standard InChI is InChI=1S/C19H16ClFN2O2/c20-15-6-8-17(9-7-15)22-19(24)23(13-18-5-2-10-25-18)12-14-3-1-4-16(21)11-14/h1-11H,12-13H2,(H,22,24). The molecular formula is C19H16ClFN2O2. The van der Waals surface area contributed by atoms with Gasteiger partial charge in [0.25, 0.3) is 0 Å². The number of benzene rings is 2. The summed E-state index contributed by atoms with van der Waals surface area (Å²) in [6.07, 6.45) is 1.55. The number of hydrogen-bond acceptors (Lipinski definition) is 2. The number of rotatable bonds is 5. The minimum absolute atomic E-state index is 0.248. The second-order valence-electron chi connectivity index (χ2n) is 5.50. The number of anilines is 1.